The highest BCUT2D eigenvalue weighted by molar-refractivity contribution is 7.83. The first kappa shape index (κ1) is 16.2. The molecule has 0 aromatic heterocycles. The Bertz CT molecular complexity index is 612. The molecule has 1 unspecified atom stereocenters. The lowest BCUT2D eigenvalue weighted by Gasteiger charge is -2.30. The quantitative estimate of drug-likeness (QED) is 0.679. The van der Waals surface area contributed by atoms with Gasteiger partial charge in [0.1, 0.15) is 5.75 Å². The predicted molar refractivity (Wildman–Crippen MR) is 78.7 cm³/mol. The van der Waals surface area contributed by atoms with Gasteiger partial charge in [-0.3, -0.25) is 4.55 Å². The van der Waals surface area contributed by atoms with Gasteiger partial charge < -0.3 is 9.84 Å². The van der Waals surface area contributed by atoms with Crippen molar-refractivity contribution in [1.29, 1.82) is 0 Å². The summed E-state index contributed by atoms with van der Waals surface area (Å²) in [7, 11) is -4.29. The van der Waals surface area contributed by atoms with Crippen LogP contribution in [-0.2, 0) is 23.1 Å². The molecule has 7 heteroatoms. The van der Waals surface area contributed by atoms with E-state index in [1.165, 1.54) is 0 Å². The van der Waals surface area contributed by atoms with E-state index in [2.05, 4.69) is 6.07 Å². The number of aliphatic hydroxyl groups is 1. The molecular formula is C14H21NO5S. The summed E-state index contributed by atoms with van der Waals surface area (Å²) in [5, 5.41) is 10.1. The van der Waals surface area contributed by atoms with Crippen LogP contribution >= 0.6 is 0 Å². The molecule has 0 saturated carbocycles. The fourth-order valence-corrected chi connectivity index (χ4v) is 2.82. The van der Waals surface area contributed by atoms with E-state index in [9.17, 15) is 13.5 Å². The van der Waals surface area contributed by atoms with Gasteiger partial charge in [0.25, 0.3) is 0 Å². The van der Waals surface area contributed by atoms with Gasteiger partial charge in [-0.05, 0) is 29.0 Å². The van der Waals surface area contributed by atoms with Gasteiger partial charge >= 0.3 is 10.3 Å². The molecule has 0 spiro atoms. The third-order valence-electron chi connectivity index (χ3n) is 3.77. The van der Waals surface area contributed by atoms with E-state index in [1.54, 1.807) is 0 Å². The van der Waals surface area contributed by atoms with Crippen LogP contribution in [-0.4, -0.2) is 37.3 Å². The fourth-order valence-electron chi connectivity index (χ4n) is 2.45. The number of hydrogen-bond donors (Lipinski definition) is 3. The molecule has 6 nitrogen and oxygen atoms in total. The fraction of sp³-hybridized carbons (Fsp3) is 0.571. The molecule has 0 aliphatic carbocycles. The van der Waals surface area contributed by atoms with Crippen molar-refractivity contribution in [2.75, 3.05) is 13.2 Å². The number of rotatable bonds is 6. The normalized spacial score (nSPS) is 16.4. The molecule has 0 amide bonds. The molecule has 118 valence electrons. The summed E-state index contributed by atoms with van der Waals surface area (Å²) >= 11 is 0. The van der Waals surface area contributed by atoms with Gasteiger partial charge in [-0.15, -0.1) is 0 Å². The maximum absolute atomic E-state index is 10.7. The second-order valence-electron chi connectivity index (χ2n) is 6.05. The van der Waals surface area contributed by atoms with E-state index in [0.29, 0.717) is 13.0 Å². The Morgan fingerprint density at radius 1 is 1.43 bits per heavy atom. The van der Waals surface area contributed by atoms with E-state index in [4.69, 9.17) is 9.29 Å². The molecule has 0 fully saturated rings. The van der Waals surface area contributed by atoms with E-state index < -0.39 is 21.8 Å². The number of fused-ring (bicyclic) bond motifs is 1. The number of ether oxygens (including phenoxy) is 1. The SMILES string of the molecule is CC(C)(Cc1ccc2c(c1)CCO2)C(O)CNS(=O)(=O)O. The van der Waals surface area contributed by atoms with Crippen molar-refractivity contribution in [2.24, 2.45) is 5.41 Å². The molecule has 1 aliphatic heterocycles. The Balaban J connectivity index is 2.02. The Morgan fingerprint density at radius 2 is 2.14 bits per heavy atom. The third-order valence-corrected chi connectivity index (χ3v) is 4.31. The first-order valence-corrected chi connectivity index (χ1v) is 8.26. The highest BCUT2D eigenvalue weighted by Gasteiger charge is 2.29. The first-order chi connectivity index (χ1) is 9.67. The molecule has 1 atom stereocenters. The number of benzene rings is 1. The zero-order valence-corrected chi connectivity index (χ0v) is 13.0. The molecule has 21 heavy (non-hydrogen) atoms. The number of aliphatic hydroxyl groups excluding tert-OH is 1. The highest BCUT2D eigenvalue weighted by Crippen LogP contribution is 2.31. The summed E-state index contributed by atoms with van der Waals surface area (Å²) in [5.74, 6) is 0.908. The minimum Gasteiger partial charge on any atom is -0.493 e. The molecular weight excluding hydrogens is 294 g/mol. The van der Waals surface area contributed by atoms with Crippen LogP contribution in [0.2, 0.25) is 0 Å². The average molecular weight is 315 g/mol. The summed E-state index contributed by atoms with van der Waals surface area (Å²) in [6, 6.07) is 5.94. The molecule has 3 N–H and O–H groups in total. The molecule has 2 rings (SSSR count). The zero-order valence-electron chi connectivity index (χ0n) is 12.2. The van der Waals surface area contributed by atoms with Crippen molar-refractivity contribution < 1.29 is 22.8 Å². The Hall–Kier alpha value is -1.15. The lowest BCUT2D eigenvalue weighted by atomic mass is 9.80. The smallest absolute Gasteiger partial charge is 0.333 e. The van der Waals surface area contributed by atoms with Gasteiger partial charge in [-0.2, -0.15) is 13.1 Å². The Labute approximate surface area is 125 Å². The number of hydrogen-bond acceptors (Lipinski definition) is 4. The highest BCUT2D eigenvalue weighted by atomic mass is 32.2. The maximum Gasteiger partial charge on any atom is 0.333 e. The Kier molecular flexibility index (Phi) is 4.57. The molecule has 1 heterocycles. The predicted octanol–water partition coefficient (Wildman–Crippen LogP) is 0.943. The van der Waals surface area contributed by atoms with E-state index in [0.717, 1.165) is 23.3 Å². The van der Waals surface area contributed by atoms with Crippen LogP contribution in [0.1, 0.15) is 25.0 Å². The van der Waals surface area contributed by atoms with Crippen LogP contribution < -0.4 is 9.46 Å². The van der Waals surface area contributed by atoms with E-state index in [1.807, 2.05) is 30.7 Å². The third kappa shape index (κ3) is 4.41. The lowest BCUT2D eigenvalue weighted by Crippen LogP contribution is -2.41. The molecule has 1 aromatic rings. The van der Waals surface area contributed by atoms with Gasteiger partial charge in [-0.25, -0.2) is 0 Å². The number of nitrogens with one attached hydrogen (secondary N) is 1. The second-order valence-corrected chi connectivity index (χ2v) is 7.28. The summed E-state index contributed by atoms with van der Waals surface area (Å²) in [6.07, 6.45) is 0.564. The van der Waals surface area contributed by atoms with Gasteiger partial charge in [0, 0.05) is 13.0 Å². The van der Waals surface area contributed by atoms with Crippen LogP contribution in [0, 0.1) is 5.41 Å². The van der Waals surface area contributed by atoms with E-state index >= 15 is 0 Å². The largest absolute Gasteiger partial charge is 0.493 e. The van der Waals surface area contributed by atoms with Crippen molar-refractivity contribution in [1.82, 2.24) is 4.72 Å². The molecule has 0 saturated heterocycles. The summed E-state index contributed by atoms with van der Waals surface area (Å²) in [6.45, 7) is 4.18. The minimum atomic E-state index is -4.29. The Morgan fingerprint density at radius 3 is 2.81 bits per heavy atom. The second kappa shape index (κ2) is 5.92. The van der Waals surface area contributed by atoms with Crippen LogP contribution in [0.5, 0.6) is 5.75 Å². The van der Waals surface area contributed by atoms with Crippen molar-refractivity contribution in [2.45, 2.75) is 32.8 Å². The van der Waals surface area contributed by atoms with Crippen molar-refractivity contribution in [3.63, 3.8) is 0 Å². The van der Waals surface area contributed by atoms with Crippen LogP contribution in [0.4, 0.5) is 0 Å². The van der Waals surface area contributed by atoms with Crippen molar-refractivity contribution in [3.05, 3.63) is 29.3 Å². The van der Waals surface area contributed by atoms with Gasteiger partial charge in [0.15, 0.2) is 0 Å². The van der Waals surface area contributed by atoms with Crippen LogP contribution in [0.25, 0.3) is 0 Å². The average Bonchev–Trinajstić information content (AvgIpc) is 2.81. The molecule has 1 aliphatic rings. The van der Waals surface area contributed by atoms with Crippen molar-refractivity contribution in [3.8, 4) is 5.75 Å². The summed E-state index contributed by atoms with van der Waals surface area (Å²) in [5.41, 5.74) is 1.69. The van der Waals surface area contributed by atoms with Crippen molar-refractivity contribution >= 4 is 10.3 Å². The standard InChI is InChI=1S/C14H21NO5S/c1-14(2,13(16)9-15-21(17,18)19)8-10-3-4-12-11(7-10)5-6-20-12/h3-4,7,13,15-16H,5-6,8-9H2,1-2H3,(H,17,18,19). The van der Waals surface area contributed by atoms with Gasteiger partial charge in [0.05, 0.1) is 12.7 Å². The van der Waals surface area contributed by atoms with E-state index in [-0.39, 0.29) is 6.54 Å². The maximum atomic E-state index is 10.7. The molecule has 1 aromatic carbocycles. The van der Waals surface area contributed by atoms with Gasteiger partial charge in [-0.1, -0.05) is 26.0 Å². The minimum absolute atomic E-state index is 0.222. The molecule has 0 radical (unpaired) electrons. The first-order valence-electron chi connectivity index (χ1n) is 6.82. The van der Waals surface area contributed by atoms with Gasteiger partial charge in [0.2, 0.25) is 0 Å². The topological polar surface area (TPSA) is 95.9 Å². The van der Waals surface area contributed by atoms with Crippen LogP contribution in [0.15, 0.2) is 18.2 Å². The summed E-state index contributed by atoms with van der Waals surface area (Å²) < 4.78 is 37.4. The molecule has 0 bridgehead atoms. The summed E-state index contributed by atoms with van der Waals surface area (Å²) in [4.78, 5) is 0. The lowest BCUT2D eigenvalue weighted by molar-refractivity contribution is 0.0543. The zero-order chi connectivity index (χ0) is 15.7. The monoisotopic (exact) mass is 315 g/mol. The van der Waals surface area contributed by atoms with Crippen LogP contribution in [0.3, 0.4) is 0 Å².